The molecule has 0 fully saturated rings. The second-order valence-electron chi connectivity index (χ2n) is 3.09. The Labute approximate surface area is 101 Å². The maximum absolute atomic E-state index is 5.75. The van der Waals surface area contributed by atoms with Crippen LogP contribution < -0.4 is 10.5 Å². The van der Waals surface area contributed by atoms with Crippen LogP contribution in [0.4, 0.5) is 5.69 Å². The van der Waals surface area contributed by atoms with Crippen molar-refractivity contribution in [1.82, 2.24) is 0 Å². The van der Waals surface area contributed by atoms with E-state index in [4.69, 9.17) is 10.5 Å². The third-order valence-electron chi connectivity index (χ3n) is 1.98. The molecule has 0 unspecified atom stereocenters. The number of nitrogen functional groups attached to an aromatic ring is 1. The number of hydrogen-bond acceptors (Lipinski definition) is 3. The average molecular weight is 284 g/mol. The summed E-state index contributed by atoms with van der Waals surface area (Å²) in [5.41, 5.74) is 7.60. The molecule has 0 aliphatic rings. The van der Waals surface area contributed by atoms with Crippen molar-refractivity contribution in [3.8, 4) is 5.75 Å². The van der Waals surface area contributed by atoms with E-state index in [2.05, 4.69) is 15.9 Å². The van der Waals surface area contributed by atoms with Crippen LogP contribution in [0.3, 0.4) is 0 Å². The molecule has 0 amide bonds. The van der Waals surface area contributed by atoms with Crippen molar-refractivity contribution in [3.05, 3.63) is 45.1 Å². The van der Waals surface area contributed by atoms with Crippen molar-refractivity contribution in [2.75, 3.05) is 5.73 Å². The Bertz CT molecular complexity index is 438. The number of thiophene rings is 1. The first kappa shape index (κ1) is 10.5. The standard InChI is InChI=1S/C11H10BrNOS/c12-9-1-3-10(4-2-9)14-5-8-6-15-7-11(8)13/h1-4,6-7H,5,13H2. The predicted octanol–water partition coefficient (Wildman–Crippen LogP) is 3.67. The summed E-state index contributed by atoms with van der Waals surface area (Å²) in [6, 6.07) is 7.75. The van der Waals surface area contributed by atoms with Crippen molar-refractivity contribution in [2.45, 2.75) is 6.61 Å². The third kappa shape index (κ3) is 2.73. The molecule has 2 nitrogen and oxygen atoms in total. The van der Waals surface area contributed by atoms with Crippen LogP contribution in [0.5, 0.6) is 5.75 Å². The third-order valence-corrected chi connectivity index (χ3v) is 3.32. The van der Waals surface area contributed by atoms with Crippen LogP contribution in [0.2, 0.25) is 0 Å². The van der Waals surface area contributed by atoms with E-state index in [0.717, 1.165) is 21.5 Å². The molecule has 2 rings (SSSR count). The predicted molar refractivity (Wildman–Crippen MR) is 67.2 cm³/mol. The van der Waals surface area contributed by atoms with Gasteiger partial charge in [0, 0.05) is 21.1 Å². The number of rotatable bonds is 3. The van der Waals surface area contributed by atoms with E-state index in [-0.39, 0.29) is 0 Å². The molecular formula is C11H10BrNOS. The van der Waals surface area contributed by atoms with Gasteiger partial charge >= 0.3 is 0 Å². The molecule has 1 heterocycles. The number of hydrogen-bond donors (Lipinski definition) is 1. The van der Waals surface area contributed by atoms with E-state index in [1.54, 1.807) is 11.3 Å². The van der Waals surface area contributed by atoms with Crippen LogP contribution in [0.25, 0.3) is 0 Å². The number of anilines is 1. The van der Waals surface area contributed by atoms with Gasteiger partial charge in [-0.15, -0.1) is 11.3 Å². The number of nitrogens with two attached hydrogens (primary N) is 1. The SMILES string of the molecule is Nc1cscc1COc1ccc(Br)cc1. The zero-order chi connectivity index (χ0) is 10.7. The van der Waals surface area contributed by atoms with E-state index in [0.29, 0.717) is 6.61 Å². The Morgan fingerprint density at radius 3 is 2.53 bits per heavy atom. The van der Waals surface area contributed by atoms with Crippen LogP contribution in [-0.4, -0.2) is 0 Å². The highest BCUT2D eigenvalue weighted by Crippen LogP contribution is 2.21. The van der Waals surface area contributed by atoms with Gasteiger partial charge in [0.1, 0.15) is 12.4 Å². The largest absolute Gasteiger partial charge is 0.489 e. The van der Waals surface area contributed by atoms with Crippen molar-refractivity contribution in [1.29, 1.82) is 0 Å². The summed E-state index contributed by atoms with van der Waals surface area (Å²) < 4.78 is 6.64. The molecule has 0 aliphatic heterocycles. The molecule has 0 bridgehead atoms. The minimum Gasteiger partial charge on any atom is -0.489 e. The zero-order valence-electron chi connectivity index (χ0n) is 7.94. The van der Waals surface area contributed by atoms with Gasteiger partial charge in [0.25, 0.3) is 0 Å². The average Bonchev–Trinajstić information content (AvgIpc) is 2.63. The van der Waals surface area contributed by atoms with Gasteiger partial charge < -0.3 is 10.5 Å². The topological polar surface area (TPSA) is 35.2 Å². The molecule has 2 aromatic rings. The normalized spacial score (nSPS) is 10.2. The van der Waals surface area contributed by atoms with Crippen molar-refractivity contribution in [2.24, 2.45) is 0 Å². The van der Waals surface area contributed by atoms with Crippen LogP contribution in [0.15, 0.2) is 39.5 Å². The zero-order valence-corrected chi connectivity index (χ0v) is 10.3. The fraction of sp³-hybridized carbons (Fsp3) is 0.0909. The monoisotopic (exact) mass is 283 g/mol. The van der Waals surface area contributed by atoms with Crippen molar-refractivity contribution >= 4 is 33.0 Å². The Morgan fingerprint density at radius 2 is 1.93 bits per heavy atom. The summed E-state index contributed by atoms with van der Waals surface area (Å²) in [5.74, 6) is 0.851. The Morgan fingerprint density at radius 1 is 1.20 bits per heavy atom. The fourth-order valence-corrected chi connectivity index (χ4v) is 2.14. The Hall–Kier alpha value is -1.000. The quantitative estimate of drug-likeness (QED) is 0.933. The van der Waals surface area contributed by atoms with E-state index < -0.39 is 0 Å². The lowest BCUT2D eigenvalue weighted by Gasteiger charge is -2.05. The lowest BCUT2D eigenvalue weighted by atomic mass is 10.3. The molecule has 0 aliphatic carbocycles. The molecular weight excluding hydrogens is 274 g/mol. The molecule has 0 saturated heterocycles. The highest BCUT2D eigenvalue weighted by molar-refractivity contribution is 9.10. The van der Waals surface area contributed by atoms with Crippen LogP contribution in [-0.2, 0) is 6.61 Å². The Kier molecular flexibility index (Phi) is 3.28. The maximum Gasteiger partial charge on any atom is 0.119 e. The van der Waals surface area contributed by atoms with Crippen LogP contribution >= 0.6 is 27.3 Å². The van der Waals surface area contributed by atoms with Gasteiger partial charge in [0.15, 0.2) is 0 Å². The molecule has 1 aromatic heterocycles. The van der Waals surface area contributed by atoms with E-state index >= 15 is 0 Å². The summed E-state index contributed by atoms with van der Waals surface area (Å²) in [5, 5.41) is 3.93. The van der Waals surface area contributed by atoms with Gasteiger partial charge in [-0.1, -0.05) is 15.9 Å². The van der Waals surface area contributed by atoms with E-state index in [9.17, 15) is 0 Å². The second-order valence-corrected chi connectivity index (χ2v) is 4.75. The maximum atomic E-state index is 5.75. The summed E-state index contributed by atoms with van der Waals surface area (Å²) in [7, 11) is 0. The molecule has 0 atom stereocenters. The lowest BCUT2D eigenvalue weighted by Crippen LogP contribution is -1.96. The lowest BCUT2D eigenvalue weighted by molar-refractivity contribution is 0.307. The van der Waals surface area contributed by atoms with Gasteiger partial charge in [0.2, 0.25) is 0 Å². The van der Waals surface area contributed by atoms with E-state index in [1.807, 2.05) is 35.0 Å². The molecule has 4 heteroatoms. The fourth-order valence-electron chi connectivity index (χ4n) is 1.14. The van der Waals surface area contributed by atoms with E-state index in [1.165, 1.54) is 0 Å². The Balaban J connectivity index is 1.99. The highest BCUT2D eigenvalue weighted by Gasteiger charge is 2.00. The van der Waals surface area contributed by atoms with Gasteiger partial charge in [-0.3, -0.25) is 0 Å². The molecule has 78 valence electrons. The van der Waals surface area contributed by atoms with Gasteiger partial charge in [0.05, 0.1) is 0 Å². The van der Waals surface area contributed by atoms with Crippen molar-refractivity contribution < 1.29 is 4.74 Å². The number of halogens is 1. The smallest absolute Gasteiger partial charge is 0.119 e. The first-order valence-electron chi connectivity index (χ1n) is 4.44. The molecule has 15 heavy (non-hydrogen) atoms. The summed E-state index contributed by atoms with van der Waals surface area (Å²) in [6.07, 6.45) is 0. The second kappa shape index (κ2) is 4.68. The number of benzene rings is 1. The van der Waals surface area contributed by atoms with Gasteiger partial charge in [-0.2, -0.15) is 0 Å². The molecule has 1 aromatic carbocycles. The van der Waals surface area contributed by atoms with Crippen LogP contribution in [0, 0.1) is 0 Å². The van der Waals surface area contributed by atoms with Crippen LogP contribution in [0.1, 0.15) is 5.56 Å². The minimum atomic E-state index is 0.525. The van der Waals surface area contributed by atoms with Gasteiger partial charge in [-0.05, 0) is 29.6 Å². The number of ether oxygens (including phenoxy) is 1. The first-order valence-corrected chi connectivity index (χ1v) is 6.18. The summed E-state index contributed by atoms with van der Waals surface area (Å²) in [6.45, 7) is 0.525. The molecule has 0 radical (unpaired) electrons. The molecule has 0 spiro atoms. The molecule has 0 saturated carbocycles. The summed E-state index contributed by atoms with van der Waals surface area (Å²) >= 11 is 4.96. The highest BCUT2D eigenvalue weighted by atomic mass is 79.9. The minimum absolute atomic E-state index is 0.525. The summed E-state index contributed by atoms with van der Waals surface area (Å²) in [4.78, 5) is 0. The van der Waals surface area contributed by atoms with Crippen molar-refractivity contribution in [3.63, 3.8) is 0 Å². The van der Waals surface area contributed by atoms with Gasteiger partial charge in [-0.25, -0.2) is 0 Å². The first-order chi connectivity index (χ1) is 7.25. The molecule has 2 N–H and O–H groups in total.